The van der Waals surface area contributed by atoms with Crippen molar-refractivity contribution in [3.8, 4) is 0 Å². The number of rotatable bonds is 5. The van der Waals surface area contributed by atoms with Crippen LogP contribution >= 0.6 is 0 Å². The van der Waals surface area contributed by atoms with Crippen molar-refractivity contribution in [1.82, 2.24) is 10.6 Å². The summed E-state index contributed by atoms with van der Waals surface area (Å²) in [6.45, 7) is 5.68. The lowest BCUT2D eigenvalue weighted by molar-refractivity contribution is -0.119. The molecule has 1 fully saturated rings. The van der Waals surface area contributed by atoms with E-state index in [1.54, 1.807) is 7.11 Å². The Balaban J connectivity index is 2.22. The molecule has 1 atom stereocenters. The van der Waals surface area contributed by atoms with E-state index in [0.29, 0.717) is 19.1 Å². The maximum absolute atomic E-state index is 10.9. The Morgan fingerprint density at radius 2 is 2.36 bits per heavy atom. The van der Waals surface area contributed by atoms with Crippen LogP contribution in [0.3, 0.4) is 0 Å². The molecule has 0 aromatic carbocycles. The molecule has 0 radical (unpaired) electrons. The van der Waals surface area contributed by atoms with Gasteiger partial charge in [0.05, 0.1) is 6.61 Å². The van der Waals surface area contributed by atoms with E-state index in [0.717, 1.165) is 13.0 Å². The molecule has 0 spiro atoms. The van der Waals surface area contributed by atoms with Gasteiger partial charge in [-0.15, -0.1) is 0 Å². The van der Waals surface area contributed by atoms with Gasteiger partial charge in [0.25, 0.3) is 0 Å². The van der Waals surface area contributed by atoms with Gasteiger partial charge in [-0.05, 0) is 20.3 Å². The number of methoxy groups -OCH3 is 1. The van der Waals surface area contributed by atoms with Crippen molar-refractivity contribution in [2.75, 3.05) is 20.3 Å². The van der Waals surface area contributed by atoms with Gasteiger partial charge >= 0.3 is 0 Å². The number of carbonyl (C=O) groups is 1. The van der Waals surface area contributed by atoms with E-state index in [9.17, 15) is 4.79 Å². The average Bonchev–Trinajstić information content (AvgIpc) is 2.48. The van der Waals surface area contributed by atoms with Crippen LogP contribution in [0.25, 0.3) is 0 Å². The van der Waals surface area contributed by atoms with Gasteiger partial charge in [-0.2, -0.15) is 0 Å². The predicted octanol–water partition coefficient (Wildman–Crippen LogP) is 0.280. The summed E-state index contributed by atoms with van der Waals surface area (Å²) in [7, 11) is 1.70. The summed E-state index contributed by atoms with van der Waals surface area (Å²) in [5, 5.41) is 6.31. The number of nitrogens with one attached hydrogen (secondary N) is 2. The maximum atomic E-state index is 10.9. The zero-order chi connectivity index (χ0) is 10.6. The molecule has 1 amide bonds. The summed E-state index contributed by atoms with van der Waals surface area (Å²) in [4.78, 5) is 10.9. The minimum absolute atomic E-state index is 0.0257. The predicted molar refractivity (Wildman–Crippen MR) is 55.1 cm³/mol. The van der Waals surface area contributed by atoms with Crippen molar-refractivity contribution in [3.05, 3.63) is 0 Å². The van der Waals surface area contributed by atoms with Crippen LogP contribution in [0.15, 0.2) is 0 Å². The SMILES string of the molecule is COCC(C)(C)NCC1CCC(=O)N1. The van der Waals surface area contributed by atoms with Crippen LogP contribution < -0.4 is 10.6 Å². The molecule has 1 aliphatic heterocycles. The van der Waals surface area contributed by atoms with E-state index < -0.39 is 0 Å². The minimum atomic E-state index is -0.0257. The minimum Gasteiger partial charge on any atom is -0.383 e. The van der Waals surface area contributed by atoms with Crippen molar-refractivity contribution in [3.63, 3.8) is 0 Å². The van der Waals surface area contributed by atoms with E-state index in [-0.39, 0.29) is 11.4 Å². The fourth-order valence-corrected chi connectivity index (χ4v) is 1.64. The van der Waals surface area contributed by atoms with Crippen LogP contribution in [0.2, 0.25) is 0 Å². The van der Waals surface area contributed by atoms with Crippen LogP contribution in [0.4, 0.5) is 0 Å². The van der Waals surface area contributed by atoms with Crippen molar-refractivity contribution in [1.29, 1.82) is 0 Å². The lowest BCUT2D eigenvalue weighted by atomic mass is 10.1. The normalized spacial score (nSPS) is 22.5. The molecule has 1 rings (SSSR count). The quantitative estimate of drug-likeness (QED) is 0.670. The molecule has 0 aromatic heterocycles. The van der Waals surface area contributed by atoms with Gasteiger partial charge in [0.2, 0.25) is 5.91 Å². The van der Waals surface area contributed by atoms with Gasteiger partial charge in [0.1, 0.15) is 0 Å². The van der Waals surface area contributed by atoms with Gasteiger partial charge < -0.3 is 15.4 Å². The zero-order valence-electron chi connectivity index (χ0n) is 9.22. The van der Waals surface area contributed by atoms with Crippen molar-refractivity contribution < 1.29 is 9.53 Å². The summed E-state index contributed by atoms with van der Waals surface area (Å²) in [5.74, 6) is 0.168. The Morgan fingerprint density at radius 1 is 1.64 bits per heavy atom. The van der Waals surface area contributed by atoms with Gasteiger partial charge in [-0.1, -0.05) is 0 Å². The summed E-state index contributed by atoms with van der Waals surface area (Å²) >= 11 is 0. The fourth-order valence-electron chi connectivity index (χ4n) is 1.64. The highest BCUT2D eigenvalue weighted by molar-refractivity contribution is 5.78. The van der Waals surface area contributed by atoms with E-state index in [1.165, 1.54) is 0 Å². The highest BCUT2D eigenvalue weighted by Crippen LogP contribution is 2.08. The number of ether oxygens (including phenoxy) is 1. The molecule has 4 nitrogen and oxygen atoms in total. The van der Waals surface area contributed by atoms with Crippen molar-refractivity contribution in [2.45, 2.75) is 38.3 Å². The zero-order valence-corrected chi connectivity index (χ0v) is 9.22. The fraction of sp³-hybridized carbons (Fsp3) is 0.900. The molecule has 4 heteroatoms. The molecule has 1 aliphatic rings. The second-order valence-electron chi connectivity index (χ2n) is 4.50. The van der Waals surface area contributed by atoms with Gasteiger partial charge in [0.15, 0.2) is 0 Å². The third kappa shape index (κ3) is 3.64. The number of hydrogen-bond acceptors (Lipinski definition) is 3. The molecule has 0 aromatic rings. The molecule has 0 bridgehead atoms. The molecular formula is C10H20N2O2. The average molecular weight is 200 g/mol. The van der Waals surface area contributed by atoms with Crippen LogP contribution in [-0.2, 0) is 9.53 Å². The third-order valence-electron chi connectivity index (χ3n) is 2.42. The Hall–Kier alpha value is -0.610. The van der Waals surface area contributed by atoms with Gasteiger partial charge in [-0.3, -0.25) is 4.79 Å². The molecule has 1 unspecified atom stereocenters. The monoisotopic (exact) mass is 200 g/mol. The van der Waals surface area contributed by atoms with Crippen molar-refractivity contribution in [2.24, 2.45) is 0 Å². The molecule has 0 saturated carbocycles. The number of hydrogen-bond donors (Lipinski definition) is 2. The van der Waals surface area contributed by atoms with E-state index in [2.05, 4.69) is 24.5 Å². The Bertz CT molecular complexity index is 204. The lowest BCUT2D eigenvalue weighted by Gasteiger charge is -2.27. The summed E-state index contributed by atoms with van der Waals surface area (Å²) in [6.07, 6.45) is 1.60. The highest BCUT2D eigenvalue weighted by atomic mass is 16.5. The smallest absolute Gasteiger partial charge is 0.220 e. The van der Waals surface area contributed by atoms with Crippen molar-refractivity contribution >= 4 is 5.91 Å². The molecule has 2 N–H and O–H groups in total. The summed E-state index contributed by atoms with van der Waals surface area (Å²) in [6, 6.07) is 0.290. The summed E-state index contributed by atoms with van der Waals surface area (Å²) in [5.41, 5.74) is -0.0257. The molecule has 1 heterocycles. The van der Waals surface area contributed by atoms with E-state index >= 15 is 0 Å². The lowest BCUT2D eigenvalue weighted by Crippen LogP contribution is -2.48. The number of carbonyl (C=O) groups excluding carboxylic acids is 1. The Kier molecular flexibility index (Phi) is 3.89. The first-order valence-corrected chi connectivity index (χ1v) is 5.07. The number of amides is 1. The van der Waals surface area contributed by atoms with E-state index in [1.807, 2.05) is 0 Å². The Morgan fingerprint density at radius 3 is 2.86 bits per heavy atom. The largest absolute Gasteiger partial charge is 0.383 e. The molecular weight excluding hydrogens is 180 g/mol. The maximum Gasteiger partial charge on any atom is 0.220 e. The molecule has 82 valence electrons. The standard InChI is InChI=1S/C10H20N2O2/c1-10(2,7-14-3)11-6-8-4-5-9(13)12-8/h8,11H,4-7H2,1-3H3,(H,12,13). The molecule has 0 aliphatic carbocycles. The summed E-state index contributed by atoms with van der Waals surface area (Å²) < 4.78 is 5.09. The van der Waals surface area contributed by atoms with Crippen LogP contribution in [-0.4, -0.2) is 37.7 Å². The first-order valence-electron chi connectivity index (χ1n) is 5.07. The van der Waals surface area contributed by atoms with Gasteiger partial charge in [-0.25, -0.2) is 0 Å². The highest BCUT2D eigenvalue weighted by Gasteiger charge is 2.23. The molecule has 14 heavy (non-hydrogen) atoms. The second-order valence-corrected chi connectivity index (χ2v) is 4.50. The van der Waals surface area contributed by atoms with Gasteiger partial charge in [0, 0.05) is 31.7 Å². The van der Waals surface area contributed by atoms with E-state index in [4.69, 9.17) is 4.74 Å². The Labute approximate surface area is 85.4 Å². The topological polar surface area (TPSA) is 50.4 Å². The second kappa shape index (κ2) is 4.75. The van der Waals surface area contributed by atoms with Crippen LogP contribution in [0.5, 0.6) is 0 Å². The first kappa shape index (κ1) is 11.5. The van der Waals surface area contributed by atoms with Crippen LogP contribution in [0.1, 0.15) is 26.7 Å². The van der Waals surface area contributed by atoms with Crippen LogP contribution in [0, 0.1) is 0 Å². The molecule has 1 saturated heterocycles. The first-order chi connectivity index (χ1) is 6.53. The third-order valence-corrected chi connectivity index (χ3v) is 2.42.